The van der Waals surface area contributed by atoms with E-state index in [0.717, 1.165) is 29.4 Å². The number of fused-ring (bicyclic) bond motifs is 1. The number of nitrogens with zero attached hydrogens (tertiary/aromatic N) is 1. The molecule has 1 aliphatic rings. The first-order valence-corrected chi connectivity index (χ1v) is 9.95. The predicted molar refractivity (Wildman–Crippen MR) is 108 cm³/mol. The molecule has 6 heteroatoms. The van der Waals surface area contributed by atoms with Crippen LogP contribution in [-0.2, 0) is 16.0 Å². The number of hydrogen-bond donors (Lipinski definition) is 3. The van der Waals surface area contributed by atoms with Crippen LogP contribution in [0.3, 0.4) is 0 Å². The zero-order valence-electron chi connectivity index (χ0n) is 16.1. The van der Waals surface area contributed by atoms with E-state index in [1.54, 1.807) is 0 Å². The molecule has 2 heterocycles. The second kappa shape index (κ2) is 9.55. The Morgan fingerprint density at radius 3 is 2.74 bits per heavy atom. The molecule has 0 aliphatic carbocycles. The molecule has 27 heavy (non-hydrogen) atoms. The van der Waals surface area contributed by atoms with E-state index in [1.165, 1.54) is 39.3 Å². The summed E-state index contributed by atoms with van der Waals surface area (Å²) in [5, 5.41) is 6.88. The summed E-state index contributed by atoms with van der Waals surface area (Å²) in [6, 6.07) is 7.43. The molecule has 2 amide bonds. The molecule has 1 saturated heterocycles. The lowest BCUT2D eigenvalue weighted by molar-refractivity contribution is -0.128. The van der Waals surface area contributed by atoms with Gasteiger partial charge in [0.25, 0.3) is 0 Å². The minimum absolute atomic E-state index is 0.117. The lowest BCUT2D eigenvalue weighted by Crippen LogP contribution is -2.47. The number of benzene rings is 1. The minimum atomic E-state index is -0.559. The normalized spacial score (nSPS) is 16.2. The van der Waals surface area contributed by atoms with E-state index in [-0.39, 0.29) is 11.8 Å². The Labute approximate surface area is 160 Å². The number of amides is 2. The lowest BCUT2D eigenvalue weighted by Gasteiger charge is -2.26. The Balaban J connectivity index is 1.53. The van der Waals surface area contributed by atoms with Crippen LogP contribution in [0.5, 0.6) is 0 Å². The third kappa shape index (κ3) is 5.57. The van der Waals surface area contributed by atoms with Gasteiger partial charge in [-0.1, -0.05) is 24.6 Å². The second-order valence-corrected chi connectivity index (χ2v) is 7.36. The first-order valence-electron chi connectivity index (χ1n) is 9.95. The summed E-state index contributed by atoms with van der Waals surface area (Å²) in [5.74, 6) is -0.308. The number of nitrogens with one attached hydrogen (secondary N) is 3. The fraction of sp³-hybridized carbons (Fsp3) is 0.524. The maximum Gasteiger partial charge on any atom is 0.242 e. The van der Waals surface area contributed by atoms with Gasteiger partial charge in [-0.3, -0.25) is 9.59 Å². The topological polar surface area (TPSA) is 77.2 Å². The number of H-pyrrole nitrogens is 1. The molecule has 1 aromatic carbocycles. The minimum Gasteiger partial charge on any atom is -0.361 e. The van der Waals surface area contributed by atoms with Gasteiger partial charge in [-0.2, -0.15) is 0 Å². The van der Waals surface area contributed by atoms with Crippen molar-refractivity contribution in [2.24, 2.45) is 0 Å². The number of carbonyl (C=O) groups excluding carboxylic acids is 2. The number of carbonyl (C=O) groups is 2. The maximum absolute atomic E-state index is 12.6. The van der Waals surface area contributed by atoms with Gasteiger partial charge >= 0.3 is 0 Å². The van der Waals surface area contributed by atoms with Gasteiger partial charge in [0.2, 0.25) is 11.8 Å². The maximum atomic E-state index is 12.6. The Morgan fingerprint density at radius 2 is 1.96 bits per heavy atom. The van der Waals surface area contributed by atoms with Crippen molar-refractivity contribution < 1.29 is 9.59 Å². The van der Waals surface area contributed by atoms with E-state index in [9.17, 15) is 9.59 Å². The van der Waals surface area contributed by atoms with E-state index in [0.29, 0.717) is 13.0 Å². The highest BCUT2D eigenvalue weighted by Crippen LogP contribution is 2.19. The predicted octanol–water partition coefficient (Wildman–Crippen LogP) is 2.21. The molecule has 0 spiro atoms. The van der Waals surface area contributed by atoms with Crippen LogP contribution in [0, 0.1) is 0 Å². The second-order valence-electron chi connectivity index (χ2n) is 7.36. The molecule has 6 nitrogen and oxygen atoms in total. The SMILES string of the molecule is CC(=O)NC(Cc1c[nH]c2ccccc12)C(=O)NCCCN1CCCCC1. The molecular weight excluding hydrogens is 340 g/mol. The first kappa shape index (κ1) is 19.4. The van der Waals surface area contributed by atoms with Gasteiger partial charge in [0.15, 0.2) is 0 Å². The molecule has 1 fully saturated rings. The molecule has 146 valence electrons. The van der Waals surface area contributed by atoms with Crippen molar-refractivity contribution in [2.45, 2.75) is 45.1 Å². The van der Waals surface area contributed by atoms with Crippen LogP contribution >= 0.6 is 0 Å². The van der Waals surface area contributed by atoms with E-state index in [1.807, 2.05) is 30.5 Å². The zero-order chi connectivity index (χ0) is 19.1. The van der Waals surface area contributed by atoms with Gasteiger partial charge in [0, 0.05) is 37.0 Å². The highest BCUT2D eigenvalue weighted by atomic mass is 16.2. The van der Waals surface area contributed by atoms with Gasteiger partial charge in [-0.15, -0.1) is 0 Å². The van der Waals surface area contributed by atoms with Crippen molar-refractivity contribution in [1.29, 1.82) is 0 Å². The van der Waals surface area contributed by atoms with Gasteiger partial charge < -0.3 is 20.5 Å². The third-order valence-corrected chi connectivity index (χ3v) is 5.19. The number of hydrogen-bond acceptors (Lipinski definition) is 3. The van der Waals surface area contributed by atoms with Crippen molar-refractivity contribution in [2.75, 3.05) is 26.2 Å². The molecule has 1 unspecified atom stereocenters. The smallest absolute Gasteiger partial charge is 0.242 e. The Morgan fingerprint density at radius 1 is 1.19 bits per heavy atom. The molecule has 0 saturated carbocycles. The van der Waals surface area contributed by atoms with Crippen molar-refractivity contribution in [3.8, 4) is 0 Å². The van der Waals surface area contributed by atoms with E-state index >= 15 is 0 Å². The quantitative estimate of drug-likeness (QED) is 0.624. The number of aromatic nitrogens is 1. The summed E-state index contributed by atoms with van der Waals surface area (Å²) in [6.07, 6.45) is 7.22. The highest BCUT2D eigenvalue weighted by Gasteiger charge is 2.21. The highest BCUT2D eigenvalue weighted by molar-refractivity contribution is 5.89. The average Bonchev–Trinajstić information content (AvgIpc) is 3.08. The van der Waals surface area contributed by atoms with Crippen molar-refractivity contribution in [1.82, 2.24) is 20.5 Å². The average molecular weight is 370 g/mol. The van der Waals surface area contributed by atoms with Gasteiger partial charge in [-0.05, 0) is 50.5 Å². The van der Waals surface area contributed by atoms with Gasteiger partial charge in [0.1, 0.15) is 6.04 Å². The van der Waals surface area contributed by atoms with Crippen LogP contribution in [0.15, 0.2) is 30.5 Å². The zero-order valence-corrected chi connectivity index (χ0v) is 16.1. The third-order valence-electron chi connectivity index (χ3n) is 5.19. The van der Waals surface area contributed by atoms with Crippen LogP contribution in [0.1, 0.15) is 38.2 Å². The van der Waals surface area contributed by atoms with Crippen molar-refractivity contribution in [3.05, 3.63) is 36.0 Å². The molecule has 3 N–H and O–H groups in total. The van der Waals surface area contributed by atoms with Crippen LogP contribution in [0.4, 0.5) is 0 Å². The summed E-state index contributed by atoms with van der Waals surface area (Å²) in [7, 11) is 0. The van der Waals surface area contributed by atoms with E-state index in [4.69, 9.17) is 0 Å². The molecule has 1 aromatic heterocycles. The first-order chi connectivity index (χ1) is 13.1. The number of para-hydroxylation sites is 1. The van der Waals surface area contributed by atoms with Crippen LogP contribution in [-0.4, -0.2) is 53.9 Å². The molecule has 0 bridgehead atoms. The summed E-state index contributed by atoms with van der Waals surface area (Å²) in [4.78, 5) is 29.9. The Kier molecular flexibility index (Phi) is 6.87. The van der Waals surface area contributed by atoms with Crippen LogP contribution < -0.4 is 10.6 Å². The van der Waals surface area contributed by atoms with Crippen LogP contribution in [0.2, 0.25) is 0 Å². The lowest BCUT2D eigenvalue weighted by atomic mass is 10.0. The molecule has 3 rings (SSSR count). The summed E-state index contributed by atoms with van der Waals surface area (Å²) in [5.41, 5.74) is 2.07. The summed E-state index contributed by atoms with van der Waals surface area (Å²) < 4.78 is 0. The number of piperidine rings is 1. The molecule has 1 atom stereocenters. The monoisotopic (exact) mass is 370 g/mol. The van der Waals surface area contributed by atoms with Crippen molar-refractivity contribution >= 4 is 22.7 Å². The molecule has 2 aromatic rings. The molecule has 0 radical (unpaired) electrons. The molecular formula is C21H30N4O2. The summed E-state index contributed by atoms with van der Waals surface area (Å²) in [6.45, 7) is 5.45. The Bertz CT molecular complexity index is 764. The number of rotatable bonds is 8. The number of aromatic amines is 1. The van der Waals surface area contributed by atoms with Crippen molar-refractivity contribution in [3.63, 3.8) is 0 Å². The largest absolute Gasteiger partial charge is 0.361 e. The van der Waals surface area contributed by atoms with Gasteiger partial charge in [0.05, 0.1) is 0 Å². The fourth-order valence-corrected chi connectivity index (χ4v) is 3.80. The van der Waals surface area contributed by atoms with Gasteiger partial charge in [-0.25, -0.2) is 0 Å². The van der Waals surface area contributed by atoms with Crippen LogP contribution in [0.25, 0.3) is 10.9 Å². The molecule has 1 aliphatic heterocycles. The fourth-order valence-electron chi connectivity index (χ4n) is 3.80. The van der Waals surface area contributed by atoms with E-state index < -0.39 is 6.04 Å². The number of likely N-dealkylation sites (tertiary alicyclic amines) is 1. The Hall–Kier alpha value is -2.34. The van der Waals surface area contributed by atoms with E-state index in [2.05, 4.69) is 20.5 Å². The standard InChI is InChI=1S/C21H30N4O2/c1-16(26)24-20(14-17-15-23-19-9-4-3-8-18(17)19)21(27)22-10-7-13-25-11-5-2-6-12-25/h3-4,8-9,15,20,23H,2,5-7,10-14H2,1H3,(H,22,27)(H,24,26). The summed E-state index contributed by atoms with van der Waals surface area (Å²) >= 11 is 0.